The van der Waals surface area contributed by atoms with E-state index in [0.29, 0.717) is 0 Å². The Morgan fingerprint density at radius 1 is 0.632 bits per heavy atom. The van der Waals surface area contributed by atoms with E-state index in [-0.39, 0.29) is 0 Å². The first-order valence-electron chi connectivity index (χ1n) is 7.97. The molecule has 0 bridgehead atoms. The molecular weight excluding hydrogens is 228 g/mol. The summed E-state index contributed by atoms with van der Waals surface area (Å²) in [5.74, 6) is 0. The van der Waals surface area contributed by atoms with Gasteiger partial charge in [0.1, 0.15) is 0 Å². The summed E-state index contributed by atoms with van der Waals surface area (Å²) in [5.41, 5.74) is 0. The zero-order chi connectivity index (χ0) is 14.0. The standard InChI is InChI=1S/C19H32/c1-3-5-7-9-11-13-15-17-19-18-16-14-12-10-8-6-4-2/h3,12-15,18-19H,1,4-11,16-17H2,2H3/b14-12+,15-13+,19-18+. The van der Waals surface area contributed by atoms with Crippen LogP contribution in [0.3, 0.4) is 0 Å². The van der Waals surface area contributed by atoms with Crippen LogP contribution in [0.5, 0.6) is 0 Å². The first-order valence-corrected chi connectivity index (χ1v) is 7.97. The van der Waals surface area contributed by atoms with Gasteiger partial charge in [-0.2, -0.15) is 0 Å². The van der Waals surface area contributed by atoms with Crippen molar-refractivity contribution < 1.29 is 0 Å². The Bertz CT molecular complexity index is 255. The van der Waals surface area contributed by atoms with Gasteiger partial charge in [0.05, 0.1) is 0 Å². The normalized spacial score (nSPS) is 12.1. The molecule has 0 rings (SSSR count). The molecule has 108 valence electrons. The number of hydrogen-bond donors (Lipinski definition) is 0. The average molecular weight is 260 g/mol. The molecule has 0 aliphatic rings. The molecule has 0 radical (unpaired) electrons. The smallest absolute Gasteiger partial charge is 0.0169 e. The van der Waals surface area contributed by atoms with Gasteiger partial charge in [-0.05, 0) is 51.4 Å². The minimum Gasteiger partial charge on any atom is -0.103 e. The molecule has 0 spiro atoms. The van der Waals surface area contributed by atoms with E-state index in [1.807, 2.05) is 6.08 Å². The third-order valence-corrected chi connectivity index (χ3v) is 3.05. The molecule has 19 heavy (non-hydrogen) atoms. The van der Waals surface area contributed by atoms with Gasteiger partial charge in [0.15, 0.2) is 0 Å². The van der Waals surface area contributed by atoms with Gasteiger partial charge in [-0.3, -0.25) is 0 Å². The molecular formula is C19H32. The quantitative estimate of drug-likeness (QED) is 0.253. The highest BCUT2D eigenvalue weighted by molar-refractivity contribution is 4.97. The van der Waals surface area contributed by atoms with Crippen LogP contribution in [0.25, 0.3) is 0 Å². The Balaban J connectivity index is 3.28. The Hall–Kier alpha value is -1.04. The van der Waals surface area contributed by atoms with E-state index in [2.05, 4.69) is 50.0 Å². The van der Waals surface area contributed by atoms with Crippen LogP contribution < -0.4 is 0 Å². The minimum absolute atomic E-state index is 1.07. The predicted molar refractivity (Wildman–Crippen MR) is 89.5 cm³/mol. The maximum absolute atomic E-state index is 3.73. The lowest BCUT2D eigenvalue weighted by atomic mass is 10.2. The lowest BCUT2D eigenvalue weighted by Crippen LogP contribution is -1.71. The first-order chi connectivity index (χ1) is 9.41. The van der Waals surface area contributed by atoms with Crippen molar-refractivity contribution in [2.45, 2.75) is 71.1 Å². The van der Waals surface area contributed by atoms with Gasteiger partial charge in [-0.25, -0.2) is 0 Å². The summed E-state index contributed by atoms with van der Waals surface area (Å²) in [5, 5.41) is 0. The molecule has 0 N–H and O–H groups in total. The van der Waals surface area contributed by atoms with E-state index in [1.54, 1.807) is 0 Å². The second kappa shape index (κ2) is 17.0. The van der Waals surface area contributed by atoms with Gasteiger partial charge >= 0.3 is 0 Å². The molecule has 0 aliphatic heterocycles. The summed E-state index contributed by atoms with van der Waals surface area (Å²) in [6.45, 7) is 5.98. The second-order valence-electron chi connectivity index (χ2n) is 4.95. The van der Waals surface area contributed by atoms with Crippen LogP contribution in [0.2, 0.25) is 0 Å². The Morgan fingerprint density at radius 3 is 1.63 bits per heavy atom. The van der Waals surface area contributed by atoms with Crippen molar-refractivity contribution in [3.63, 3.8) is 0 Å². The molecule has 0 aromatic carbocycles. The Labute approximate surface area is 121 Å². The minimum atomic E-state index is 1.07. The molecule has 0 unspecified atom stereocenters. The van der Waals surface area contributed by atoms with E-state index in [4.69, 9.17) is 0 Å². The zero-order valence-corrected chi connectivity index (χ0v) is 12.8. The molecule has 0 aromatic rings. The van der Waals surface area contributed by atoms with Crippen LogP contribution in [0.4, 0.5) is 0 Å². The van der Waals surface area contributed by atoms with Crippen molar-refractivity contribution in [1.29, 1.82) is 0 Å². The lowest BCUT2D eigenvalue weighted by molar-refractivity contribution is 0.728. The van der Waals surface area contributed by atoms with Crippen LogP contribution >= 0.6 is 0 Å². The summed E-state index contributed by atoms with van der Waals surface area (Å²) in [6.07, 6.45) is 28.0. The third kappa shape index (κ3) is 17.0. The van der Waals surface area contributed by atoms with Crippen molar-refractivity contribution in [2.24, 2.45) is 0 Å². The fraction of sp³-hybridized carbons (Fsp3) is 0.579. The molecule has 0 nitrogen and oxygen atoms in total. The van der Waals surface area contributed by atoms with Crippen LogP contribution in [0, 0.1) is 0 Å². The topological polar surface area (TPSA) is 0 Å². The molecule has 0 heterocycles. The predicted octanol–water partition coefficient (Wildman–Crippen LogP) is 6.76. The second-order valence-corrected chi connectivity index (χ2v) is 4.95. The van der Waals surface area contributed by atoms with Crippen LogP contribution in [-0.2, 0) is 0 Å². The number of unbranched alkanes of at least 4 members (excludes halogenated alkanes) is 6. The summed E-state index contributed by atoms with van der Waals surface area (Å²) >= 11 is 0. The third-order valence-electron chi connectivity index (χ3n) is 3.05. The van der Waals surface area contributed by atoms with Gasteiger partial charge in [0, 0.05) is 0 Å². The van der Waals surface area contributed by atoms with E-state index < -0.39 is 0 Å². The SMILES string of the molecule is C=CCCCC/C=C/C/C=C/C/C=C/CCCCC. The van der Waals surface area contributed by atoms with Gasteiger partial charge in [0.25, 0.3) is 0 Å². The van der Waals surface area contributed by atoms with Crippen molar-refractivity contribution in [3.05, 3.63) is 49.1 Å². The van der Waals surface area contributed by atoms with Crippen LogP contribution in [0.1, 0.15) is 71.1 Å². The van der Waals surface area contributed by atoms with Crippen LogP contribution in [-0.4, -0.2) is 0 Å². The molecule has 0 aromatic heterocycles. The van der Waals surface area contributed by atoms with Gasteiger partial charge in [-0.1, -0.05) is 62.3 Å². The van der Waals surface area contributed by atoms with E-state index >= 15 is 0 Å². The van der Waals surface area contributed by atoms with Crippen molar-refractivity contribution >= 4 is 0 Å². The monoisotopic (exact) mass is 260 g/mol. The van der Waals surface area contributed by atoms with Crippen LogP contribution in [0.15, 0.2) is 49.1 Å². The fourth-order valence-corrected chi connectivity index (χ4v) is 1.84. The lowest BCUT2D eigenvalue weighted by Gasteiger charge is -1.91. The summed E-state index contributed by atoms with van der Waals surface area (Å²) in [7, 11) is 0. The fourth-order valence-electron chi connectivity index (χ4n) is 1.84. The molecule has 0 saturated heterocycles. The highest BCUT2D eigenvalue weighted by atomic mass is 13.9. The zero-order valence-electron chi connectivity index (χ0n) is 12.8. The molecule has 0 fully saturated rings. The number of hydrogen-bond acceptors (Lipinski definition) is 0. The van der Waals surface area contributed by atoms with Crippen molar-refractivity contribution in [3.8, 4) is 0 Å². The maximum Gasteiger partial charge on any atom is -0.0169 e. The molecule has 0 saturated carbocycles. The summed E-state index contributed by atoms with van der Waals surface area (Å²) in [4.78, 5) is 0. The molecule has 0 atom stereocenters. The highest BCUT2D eigenvalue weighted by Crippen LogP contribution is 2.02. The average Bonchev–Trinajstić information content (AvgIpc) is 2.43. The van der Waals surface area contributed by atoms with Gasteiger partial charge in [0.2, 0.25) is 0 Å². The maximum atomic E-state index is 3.73. The molecule has 0 aliphatic carbocycles. The van der Waals surface area contributed by atoms with Gasteiger partial charge < -0.3 is 0 Å². The van der Waals surface area contributed by atoms with Crippen molar-refractivity contribution in [2.75, 3.05) is 0 Å². The number of allylic oxidation sites excluding steroid dienone is 7. The van der Waals surface area contributed by atoms with E-state index in [0.717, 1.165) is 19.3 Å². The summed E-state index contributed by atoms with van der Waals surface area (Å²) in [6, 6.07) is 0. The van der Waals surface area contributed by atoms with Crippen molar-refractivity contribution in [1.82, 2.24) is 0 Å². The molecule has 0 heteroatoms. The first kappa shape index (κ1) is 18.0. The molecule has 0 amide bonds. The largest absolute Gasteiger partial charge is 0.103 e. The Kier molecular flexibility index (Phi) is 16.0. The van der Waals surface area contributed by atoms with E-state index in [1.165, 1.54) is 44.9 Å². The Morgan fingerprint density at radius 2 is 1.11 bits per heavy atom. The van der Waals surface area contributed by atoms with E-state index in [9.17, 15) is 0 Å². The summed E-state index contributed by atoms with van der Waals surface area (Å²) < 4.78 is 0. The number of rotatable bonds is 13. The highest BCUT2D eigenvalue weighted by Gasteiger charge is 1.82. The van der Waals surface area contributed by atoms with Gasteiger partial charge in [-0.15, -0.1) is 6.58 Å².